The van der Waals surface area contributed by atoms with Crippen LogP contribution in [0.4, 0.5) is 5.69 Å². The zero-order valence-corrected chi connectivity index (χ0v) is 13.5. The molecule has 6 heteroatoms. The molecule has 116 valence electrons. The molecule has 2 N–H and O–H groups in total. The molecule has 0 saturated carbocycles. The van der Waals surface area contributed by atoms with E-state index in [1.165, 1.54) is 5.56 Å². The smallest absolute Gasteiger partial charge is 0.159 e. The van der Waals surface area contributed by atoms with Crippen molar-refractivity contribution in [2.75, 3.05) is 12.3 Å². The summed E-state index contributed by atoms with van der Waals surface area (Å²) in [5.74, 6) is 0.775. The van der Waals surface area contributed by atoms with Crippen molar-refractivity contribution in [2.24, 2.45) is 0 Å². The van der Waals surface area contributed by atoms with E-state index in [-0.39, 0.29) is 0 Å². The lowest BCUT2D eigenvalue weighted by Gasteiger charge is -2.27. The summed E-state index contributed by atoms with van der Waals surface area (Å²) in [6.07, 6.45) is 2.91. The number of nitrogen functional groups attached to an aromatic ring is 1. The Morgan fingerprint density at radius 2 is 2.04 bits per heavy atom. The van der Waals surface area contributed by atoms with Crippen molar-refractivity contribution in [1.29, 1.82) is 0 Å². The van der Waals surface area contributed by atoms with E-state index >= 15 is 0 Å². The van der Waals surface area contributed by atoms with Crippen LogP contribution in [0.5, 0.6) is 0 Å². The van der Waals surface area contributed by atoms with Gasteiger partial charge in [-0.05, 0) is 24.3 Å². The number of nitrogens with zero attached hydrogens (tertiary/aromatic N) is 4. The number of fused-ring (bicyclic) bond motifs is 1. The van der Waals surface area contributed by atoms with Gasteiger partial charge in [-0.3, -0.25) is 4.90 Å². The molecule has 0 unspecified atom stereocenters. The highest BCUT2D eigenvalue weighted by atomic mass is 32.1. The highest BCUT2D eigenvalue weighted by Crippen LogP contribution is 2.22. The van der Waals surface area contributed by atoms with Gasteiger partial charge in [-0.15, -0.1) is 11.3 Å². The number of benzene rings is 1. The molecule has 3 aromatic rings. The molecule has 2 aromatic heterocycles. The van der Waals surface area contributed by atoms with E-state index in [2.05, 4.69) is 20.2 Å². The maximum atomic E-state index is 5.74. The number of thiazole rings is 1. The van der Waals surface area contributed by atoms with Crippen molar-refractivity contribution in [3.8, 4) is 11.4 Å². The summed E-state index contributed by atoms with van der Waals surface area (Å²) in [6, 6.07) is 7.70. The van der Waals surface area contributed by atoms with Crippen LogP contribution < -0.4 is 5.73 Å². The first-order valence-corrected chi connectivity index (χ1v) is 8.52. The lowest BCUT2D eigenvalue weighted by atomic mass is 10.1. The van der Waals surface area contributed by atoms with E-state index in [4.69, 9.17) is 10.7 Å². The van der Waals surface area contributed by atoms with Crippen LogP contribution in [0.3, 0.4) is 0 Å². The van der Waals surface area contributed by atoms with Crippen molar-refractivity contribution >= 4 is 17.0 Å². The number of nitrogens with two attached hydrogens (primary N) is 1. The van der Waals surface area contributed by atoms with Gasteiger partial charge in [0.25, 0.3) is 0 Å². The minimum Gasteiger partial charge on any atom is -0.399 e. The zero-order valence-electron chi connectivity index (χ0n) is 12.6. The number of rotatable bonds is 3. The summed E-state index contributed by atoms with van der Waals surface area (Å²) < 4.78 is 0. The van der Waals surface area contributed by atoms with Gasteiger partial charge in [-0.2, -0.15) is 0 Å². The van der Waals surface area contributed by atoms with E-state index in [0.717, 1.165) is 54.5 Å². The molecule has 0 aliphatic carbocycles. The van der Waals surface area contributed by atoms with Gasteiger partial charge in [0.15, 0.2) is 5.82 Å². The van der Waals surface area contributed by atoms with Crippen LogP contribution in [0.15, 0.2) is 41.4 Å². The fraction of sp³-hybridized carbons (Fsp3) is 0.235. The van der Waals surface area contributed by atoms with Gasteiger partial charge < -0.3 is 5.73 Å². The predicted octanol–water partition coefficient (Wildman–Crippen LogP) is 2.74. The van der Waals surface area contributed by atoms with Crippen LogP contribution in [-0.4, -0.2) is 26.4 Å². The maximum absolute atomic E-state index is 5.74. The normalized spacial score (nSPS) is 14.6. The topological polar surface area (TPSA) is 67.9 Å². The third kappa shape index (κ3) is 3.09. The van der Waals surface area contributed by atoms with Crippen molar-refractivity contribution in [3.63, 3.8) is 0 Å². The molecule has 0 atom stereocenters. The van der Waals surface area contributed by atoms with E-state index < -0.39 is 0 Å². The Kier molecular flexibility index (Phi) is 3.77. The summed E-state index contributed by atoms with van der Waals surface area (Å²) in [6.45, 7) is 2.78. The fourth-order valence-electron chi connectivity index (χ4n) is 2.83. The molecule has 3 heterocycles. The van der Waals surface area contributed by atoms with Gasteiger partial charge in [-0.25, -0.2) is 15.0 Å². The van der Waals surface area contributed by atoms with Gasteiger partial charge in [-0.1, -0.05) is 0 Å². The summed E-state index contributed by atoms with van der Waals surface area (Å²) in [4.78, 5) is 16.0. The molecule has 0 bridgehead atoms. The Balaban J connectivity index is 1.53. The van der Waals surface area contributed by atoms with Crippen molar-refractivity contribution in [1.82, 2.24) is 19.9 Å². The van der Waals surface area contributed by atoms with Gasteiger partial charge in [0.2, 0.25) is 0 Å². The molecule has 0 spiro atoms. The molecular weight excluding hydrogens is 306 g/mol. The first kappa shape index (κ1) is 14.3. The average molecular weight is 323 g/mol. The SMILES string of the molecule is Nc1ccc(-c2ncc3c(n2)CCN(Cc2cscn2)C3)cc1. The summed E-state index contributed by atoms with van der Waals surface area (Å²) in [5.41, 5.74) is 12.9. The monoisotopic (exact) mass is 323 g/mol. The lowest BCUT2D eigenvalue weighted by Crippen LogP contribution is -2.31. The van der Waals surface area contributed by atoms with Crippen LogP contribution in [0.2, 0.25) is 0 Å². The lowest BCUT2D eigenvalue weighted by molar-refractivity contribution is 0.240. The highest BCUT2D eigenvalue weighted by molar-refractivity contribution is 7.07. The number of anilines is 1. The Morgan fingerprint density at radius 1 is 1.17 bits per heavy atom. The molecule has 1 aromatic carbocycles. The molecule has 1 aliphatic rings. The Hall–Kier alpha value is -2.31. The quantitative estimate of drug-likeness (QED) is 0.751. The van der Waals surface area contributed by atoms with E-state index in [0.29, 0.717) is 0 Å². The summed E-state index contributed by atoms with van der Waals surface area (Å²) in [7, 11) is 0. The predicted molar refractivity (Wildman–Crippen MR) is 91.8 cm³/mol. The van der Waals surface area contributed by atoms with Gasteiger partial charge >= 0.3 is 0 Å². The summed E-state index contributed by atoms with van der Waals surface area (Å²) in [5, 5.41) is 2.11. The molecule has 0 amide bonds. The van der Waals surface area contributed by atoms with Crippen LogP contribution >= 0.6 is 11.3 Å². The van der Waals surface area contributed by atoms with Crippen LogP contribution in [0, 0.1) is 0 Å². The van der Waals surface area contributed by atoms with Crippen LogP contribution in [0.1, 0.15) is 17.0 Å². The molecular formula is C17H17N5S. The first-order chi connectivity index (χ1) is 11.3. The Labute approximate surface area is 138 Å². The average Bonchev–Trinajstić information content (AvgIpc) is 3.08. The van der Waals surface area contributed by atoms with Gasteiger partial charge in [0, 0.05) is 54.4 Å². The largest absolute Gasteiger partial charge is 0.399 e. The van der Waals surface area contributed by atoms with Crippen molar-refractivity contribution in [3.05, 3.63) is 58.3 Å². The molecule has 1 aliphatic heterocycles. The highest BCUT2D eigenvalue weighted by Gasteiger charge is 2.19. The van der Waals surface area contributed by atoms with E-state index in [1.54, 1.807) is 11.3 Å². The van der Waals surface area contributed by atoms with Crippen molar-refractivity contribution in [2.45, 2.75) is 19.5 Å². The second kappa shape index (κ2) is 6.06. The standard InChI is InChI=1S/C17H17N5S/c18-14-3-1-12(2-4-14)17-19-7-13-8-22(6-5-16(13)21-17)9-15-10-23-11-20-15/h1-4,7,10-11H,5-6,8-9,18H2. The minimum absolute atomic E-state index is 0.754. The molecule has 0 fully saturated rings. The van der Waals surface area contributed by atoms with Gasteiger partial charge in [0.05, 0.1) is 16.9 Å². The van der Waals surface area contributed by atoms with Crippen LogP contribution in [0.25, 0.3) is 11.4 Å². The minimum atomic E-state index is 0.754. The first-order valence-electron chi connectivity index (χ1n) is 7.58. The molecule has 0 radical (unpaired) electrons. The molecule has 23 heavy (non-hydrogen) atoms. The molecule has 5 nitrogen and oxygen atoms in total. The fourth-order valence-corrected chi connectivity index (χ4v) is 3.38. The zero-order chi connectivity index (χ0) is 15.6. The Bertz CT molecular complexity index is 798. The maximum Gasteiger partial charge on any atom is 0.159 e. The van der Waals surface area contributed by atoms with E-state index in [1.807, 2.05) is 36.0 Å². The van der Waals surface area contributed by atoms with E-state index in [9.17, 15) is 0 Å². The van der Waals surface area contributed by atoms with Gasteiger partial charge in [0.1, 0.15) is 0 Å². The number of hydrogen-bond acceptors (Lipinski definition) is 6. The molecule has 4 rings (SSSR count). The second-order valence-corrected chi connectivity index (χ2v) is 6.45. The summed E-state index contributed by atoms with van der Waals surface area (Å²) >= 11 is 1.64. The number of aromatic nitrogens is 3. The number of hydrogen-bond donors (Lipinski definition) is 1. The molecule has 0 saturated heterocycles. The second-order valence-electron chi connectivity index (χ2n) is 5.73. The third-order valence-corrected chi connectivity index (χ3v) is 4.69. The third-order valence-electron chi connectivity index (χ3n) is 4.05. The Morgan fingerprint density at radius 3 is 2.83 bits per heavy atom. The van der Waals surface area contributed by atoms with Crippen molar-refractivity contribution < 1.29 is 0 Å². The van der Waals surface area contributed by atoms with Crippen LogP contribution in [-0.2, 0) is 19.5 Å².